The number of methoxy groups -OCH3 is 3. The molecule has 2 amide bonds. The van der Waals surface area contributed by atoms with E-state index < -0.39 is 11.8 Å². The SMILES string of the molecule is COc1cc(C(=O)NNC(=O)c2cc3cc(Cl)ccc3nc2C)cc(OC)c1OC. The quantitative estimate of drug-likeness (QED) is 0.604. The van der Waals surface area contributed by atoms with Gasteiger partial charge in [0.25, 0.3) is 11.8 Å². The molecule has 0 atom stereocenters. The maximum Gasteiger partial charge on any atom is 0.271 e. The average Bonchev–Trinajstić information content (AvgIpc) is 2.75. The summed E-state index contributed by atoms with van der Waals surface area (Å²) in [5, 5.41) is 1.25. The molecule has 1 aromatic heterocycles. The molecule has 0 aliphatic rings. The van der Waals surface area contributed by atoms with Gasteiger partial charge in [0.1, 0.15) is 0 Å². The highest BCUT2D eigenvalue weighted by atomic mass is 35.5. The largest absolute Gasteiger partial charge is 0.493 e. The van der Waals surface area contributed by atoms with Gasteiger partial charge in [0.2, 0.25) is 5.75 Å². The van der Waals surface area contributed by atoms with E-state index in [4.69, 9.17) is 25.8 Å². The summed E-state index contributed by atoms with van der Waals surface area (Å²) in [7, 11) is 4.36. The topological polar surface area (TPSA) is 98.8 Å². The molecule has 3 rings (SSSR count). The smallest absolute Gasteiger partial charge is 0.271 e. The number of aromatic nitrogens is 1. The number of ether oxygens (including phenoxy) is 3. The molecule has 0 radical (unpaired) electrons. The standard InChI is InChI=1S/C21H20ClN3O5/c1-11-15(8-12-7-14(22)5-6-16(12)23-11)21(27)25-24-20(26)13-9-17(28-2)19(30-4)18(10-13)29-3/h5-10H,1-4H3,(H,24,26)(H,25,27). The highest BCUT2D eigenvalue weighted by molar-refractivity contribution is 6.31. The Balaban J connectivity index is 1.80. The van der Waals surface area contributed by atoms with E-state index in [2.05, 4.69) is 15.8 Å². The van der Waals surface area contributed by atoms with Crippen LogP contribution in [0.3, 0.4) is 0 Å². The molecule has 0 bridgehead atoms. The van der Waals surface area contributed by atoms with Gasteiger partial charge < -0.3 is 14.2 Å². The molecule has 0 aliphatic heterocycles. The monoisotopic (exact) mass is 429 g/mol. The highest BCUT2D eigenvalue weighted by Crippen LogP contribution is 2.38. The van der Waals surface area contributed by atoms with Gasteiger partial charge in [0.15, 0.2) is 11.5 Å². The van der Waals surface area contributed by atoms with Gasteiger partial charge in [-0.15, -0.1) is 0 Å². The lowest BCUT2D eigenvalue weighted by atomic mass is 10.1. The average molecular weight is 430 g/mol. The number of hydrogen-bond acceptors (Lipinski definition) is 6. The first-order valence-electron chi connectivity index (χ1n) is 8.85. The number of carbonyl (C=O) groups is 2. The third-order valence-corrected chi connectivity index (χ3v) is 4.66. The Bertz CT molecular complexity index is 1110. The van der Waals surface area contributed by atoms with E-state index in [1.165, 1.54) is 33.5 Å². The minimum absolute atomic E-state index is 0.213. The Kier molecular flexibility index (Phi) is 6.27. The number of halogens is 1. The summed E-state index contributed by atoms with van der Waals surface area (Å²) in [6.07, 6.45) is 0. The molecular formula is C21H20ClN3O5. The fraction of sp³-hybridized carbons (Fsp3) is 0.190. The third kappa shape index (κ3) is 4.23. The van der Waals surface area contributed by atoms with E-state index in [-0.39, 0.29) is 5.56 Å². The Morgan fingerprint density at radius 3 is 2.13 bits per heavy atom. The zero-order valence-electron chi connectivity index (χ0n) is 16.8. The first-order chi connectivity index (χ1) is 14.4. The summed E-state index contributed by atoms with van der Waals surface area (Å²) >= 11 is 6.02. The number of carbonyl (C=O) groups excluding carboxylic acids is 2. The number of fused-ring (bicyclic) bond motifs is 1. The number of aryl methyl sites for hydroxylation is 1. The molecule has 3 aromatic rings. The van der Waals surface area contributed by atoms with Crippen LogP contribution in [0.5, 0.6) is 17.2 Å². The van der Waals surface area contributed by atoms with Gasteiger partial charge in [-0.1, -0.05) is 11.6 Å². The number of benzene rings is 2. The third-order valence-electron chi connectivity index (χ3n) is 4.43. The summed E-state index contributed by atoms with van der Waals surface area (Å²) in [5.74, 6) is -0.0728. The van der Waals surface area contributed by atoms with Gasteiger partial charge in [-0.3, -0.25) is 25.4 Å². The van der Waals surface area contributed by atoms with Crippen LogP contribution in [-0.2, 0) is 0 Å². The number of amides is 2. The zero-order valence-corrected chi connectivity index (χ0v) is 17.6. The fourth-order valence-corrected chi connectivity index (χ4v) is 3.12. The number of hydrazine groups is 1. The van der Waals surface area contributed by atoms with Gasteiger partial charge in [-0.2, -0.15) is 0 Å². The second kappa shape index (κ2) is 8.87. The van der Waals surface area contributed by atoms with Crippen molar-refractivity contribution in [1.82, 2.24) is 15.8 Å². The number of rotatable bonds is 5. The van der Waals surface area contributed by atoms with Crippen LogP contribution in [0, 0.1) is 6.92 Å². The first kappa shape index (κ1) is 21.2. The molecular weight excluding hydrogens is 410 g/mol. The Morgan fingerprint density at radius 1 is 0.900 bits per heavy atom. The van der Waals surface area contributed by atoms with Crippen LogP contribution >= 0.6 is 11.6 Å². The van der Waals surface area contributed by atoms with E-state index >= 15 is 0 Å². The Morgan fingerprint density at radius 2 is 1.53 bits per heavy atom. The molecule has 0 spiro atoms. The second-order valence-electron chi connectivity index (χ2n) is 6.28. The lowest BCUT2D eigenvalue weighted by molar-refractivity contribution is 0.0846. The van der Waals surface area contributed by atoms with Crippen molar-refractivity contribution in [3.8, 4) is 17.2 Å². The van der Waals surface area contributed by atoms with Crippen molar-refractivity contribution in [2.24, 2.45) is 0 Å². The molecule has 9 heteroatoms. The molecule has 2 N–H and O–H groups in total. The van der Waals surface area contributed by atoms with Crippen molar-refractivity contribution in [2.45, 2.75) is 6.92 Å². The molecule has 30 heavy (non-hydrogen) atoms. The number of nitrogens with one attached hydrogen (secondary N) is 2. The predicted molar refractivity (Wildman–Crippen MR) is 113 cm³/mol. The Labute approximate surface area is 178 Å². The van der Waals surface area contributed by atoms with Crippen LogP contribution in [-0.4, -0.2) is 38.1 Å². The maximum absolute atomic E-state index is 12.6. The summed E-state index contributed by atoms with van der Waals surface area (Å²) in [6.45, 7) is 1.71. The summed E-state index contributed by atoms with van der Waals surface area (Å²) < 4.78 is 15.7. The first-order valence-corrected chi connectivity index (χ1v) is 9.23. The van der Waals surface area contributed by atoms with Gasteiger partial charge in [0.05, 0.1) is 38.1 Å². The minimum Gasteiger partial charge on any atom is -0.493 e. The van der Waals surface area contributed by atoms with E-state index in [1.54, 1.807) is 31.2 Å². The normalized spacial score (nSPS) is 10.4. The minimum atomic E-state index is -0.558. The van der Waals surface area contributed by atoms with E-state index in [1.807, 2.05) is 0 Å². The van der Waals surface area contributed by atoms with Crippen LogP contribution in [0.1, 0.15) is 26.4 Å². The van der Waals surface area contributed by atoms with Gasteiger partial charge in [-0.25, -0.2) is 0 Å². The lowest BCUT2D eigenvalue weighted by Crippen LogP contribution is -2.42. The van der Waals surface area contributed by atoms with Crippen molar-refractivity contribution < 1.29 is 23.8 Å². The molecule has 0 fully saturated rings. The number of pyridine rings is 1. The van der Waals surface area contributed by atoms with Crippen LogP contribution in [0.15, 0.2) is 36.4 Å². The predicted octanol–water partition coefficient (Wildman–Crippen LogP) is 3.30. The van der Waals surface area contributed by atoms with Crippen LogP contribution < -0.4 is 25.1 Å². The Hall–Kier alpha value is -3.52. The molecule has 0 saturated carbocycles. The van der Waals surface area contributed by atoms with E-state index in [0.717, 1.165) is 5.52 Å². The lowest BCUT2D eigenvalue weighted by Gasteiger charge is -2.14. The van der Waals surface area contributed by atoms with Crippen molar-refractivity contribution >= 4 is 34.3 Å². The molecule has 2 aromatic carbocycles. The molecule has 156 valence electrons. The molecule has 1 heterocycles. The van der Waals surface area contributed by atoms with Gasteiger partial charge >= 0.3 is 0 Å². The van der Waals surface area contributed by atoms with Crippen LogP contribution in [0.2, 0.25) is 5.02 Å². The van der Waals surface area contributed by atoms with Gasteiger partial charge in [0, 0.05) is 16.0 Å². The van der Waals surface area contributed by atoms with Crippen LogP contribution in [0.25, 0.3) is 10.9 Å². The number of nitrogens with zero attached hydrogens (tertiary/aromatic N) is 1. The molecule has 0 saturated heterocycles. The summed E-state index contributed by atoms with van der Waals surface area (Å²) in [4.78, 5) is 29.6. The van der Waals surface area contributed by atoms with E-state index in [9.17, 15) is 9.59 Å². The van der Waals surface area contributed by atoms with Crippen molar-refractivity contribution in [3.05, 3.63) is 58.2 Å². The number of hydrogen-bond donors (Lipinski definition) is 2. The summed E-state index contributed by atoms with van der Waals surface area (Å²) in [5.41, 5.74) is 6.54. The molecule has 0 aliphatic carbocycles. The van der Waals surface area contributed by atoms with E-state index in [0.29, 0.717) is 38.9 Å². The second-order valence-corrected chi connectivity index (χ2v) is 6.72. The molecule has 8 nitrogen and oxygen atoms in total. The summed E-state index contributed by atoms with van der Waals surface area (Å²) in [6, 6.07) is 9.85. The zero-order chi connectivity index (χ0) is 21.8. The maximum atomic E-state index is 12.6. The highest BCUT2D eigenvalue weighted by Gasteiger charge is 2.18. The molecule has 0 unspecified atom stereocenters. The fourth-order valence-electron chi connectivity index (χ4n) is 2.94. The van der Waals surface area contributed by atoms with Crippen LogP contribution in [0.4, 0.5) is 0 Å². The van der Waals surface area contributed by atoms with Crippen molar-refractivity contribution in [3.63, 3.8) is 0 Å². The van der Waals surface area contributed by atoms with Crippen molar-refractivity contribution in [1.29, 1.82) is 0 Å². The van der Waals surface area contributed by atoms with Gasteiger partial charge in [-0.05, 0) is 43.3 Å². The van der Waals surface area contributed by atoms with Crippen molar-refractivity contribution in [2.75, 3.05) is 21.3 Å².